The second kappa shape index (κ2) is 8.03. The first-order chi connectivity index (χ1) is 13.0. The van der Waals surface area contributed by atoms with Crippen molar-refractivity contribution in [3.63, 3.8) is 0 Å². The summed E-state index contributed by atoms with van der Waals surface area (Å²) in [7, 11) is 0. The van der Waals surface area contributed by atoms with Crippen LogP contribution < -0.4 is 15.0 Å². The lowest BCUT2D eigenvalue weighted by Crippen LogP contribution is -2.46. The highest BCUT2D eigenvalue weighted by Crippen LogP contribution is 2.35. The van der Waals surface area contributed by atoms with Crippen molar-refractivity contribution >= 4 is 23.6 Å². The van der Waals surface area contributed by atoms with Crippen LogP contribution in [0.4, 0.5) is 10.1 Å². The summed E-state index contributed by atoms with van der Waals surface area (Å²) < 4.78 is 18.8. The Morgan fingerprint density at radius 3 is 2.63 bits per heavy atom. The summed E-state index contributed by atoms with van der Waals surface area (Å²) in [6.07, 6.45) is 2.34. The number of halogens is 1. The third kappa shape index (κ3) is 4.34. The maximum atomic E-state index is 13.1. The summed E-state index contributed by atoms with van der Waals surface area (Å²) in [4.78, 5) is 26.7. The van der Waals surface area contributed by atoms with Gasteiger partial charge in [-0.3, -0.25) is 14.5 Å². The van der Waals surface area contributed by atoms with Crippen LogP contribution in [-0.4, -0.2) is 24.4 Å². The molecule has 1 unspecified atom stereocenters. The van der Waals surface area contributed by atoms with Gasteiger partial charge in [-0.05, 0) is 49.2 Å². The predicted octanol–water partition coefficient (Wildman–Crippen LogP) is 3.51. The van der Waals surface area contributed by atoms with E-state index in [1.807, 2.05) is 13.8 Å². The summed E-state index contributed by atoms with van der Waals surface area (Å²) in [6.45, 7) is 3.78. The highest BCUT2D eigenvalue weighted by atomic mass is 19.1. The molecule has 2 amide bonds. The van der Waals surface area contributed by atoms with Gasteiger partial charge in [-0.15, -0.1) is 0 Å². The summed E-state index contributed by atoms with van der Waals surface area (Å²) in [5.41, 5.74) is 1.17. The van der Waals surface area contributed by atoms with Crippen LogP contribution in [0.15, 0.2) is 54.3 Å². The first kappa shape index (κ1) is 18.6. The van der Waals surface area contributed by atoms with E-state index in [0.29, 0.717) is 17.0 Å². The van der Waals surface area contributed by atoms with Gasteiger partial charge < -0.3 is 10.1 Å². The zero-order valence-electron chi connectivity index (χ0n) is 15.2. The van der Waals surface area contributed by atoms with Crippen molar-refractivity contribution in [1.82, 2.24) is 5.32 Å². The van der Waals surface area contributed by atoms with Crippen molar-refractivity contribution in [1.29, 1.82) is 0 Å². The molecule has 0 saturated heterocycles. The number of para-hydroxylation sites is 2. The SMILES string of the molecule is CCC(C)NC(=O)CN1C(=O)/C(=C\c2ccc(F)cc2)Oc2ccccc21. The Balaban J connectivity index is 1.90. The zero-order chi connectivity index (χ0) is 19.4. The van der Waals surface area contributed by atoms with Crippen molar-refractivity contribution in [2.45, 2.75) is 26.3 Å². The van der Waals surface area contributed by atoms with Gasteiger partial charge in [-0.25, -0.2) is 4.39 Å². The molecule has 2 aromatic carbocycles. The zero-order valence-corrected chi connectivity index (χ0v) is 15.2. The third-order valence-corrected chi connectivity index (χ3v) is 4.32. The largest absolute Gasteiger partial charge is 0.449 e. The summed E-state index contributed by atoms with van der Waals surface area (Å²) in [5.74, 6) is -0.451. The normalized spacial score (nSPS) is 15.9. The van der Waals surface area contributed by atoms with Crippen molar-refractivity contribution < 1.29 is 18.7 Å². The quantitative estimate of drug-likeness (QED) is 0.822. The number of carbonyl (C=O) groups excluding carboxylic acids is 2. The van der Waals surface area contributed by atoms with Crippen LogP contribution in [0.5, 0.6) is 5.75 Å². The Morgan fingerprint density at radius 1 is 1.22 bits per heavy atom. The second-order valence-corrected chi connectivity index (χ2v) is 6.40. The minimum Gasteiger partial charge on any atom is -0.449 e. The molecular formula is C21H21FN2O3. The summed E-state index contributed by atoms with van der Waals surface area (Å²) >= 11 is 0. The highest BCUT2D eigenvalue weighted by Gasteiger charge is 2.31. The molecule has 6 heteroatoms. The number of hydrogen-bond acceptors (Lipinski definition) is 3. The van der Waals surface area contributed by atoms with Crippen molar-refractivity contribution in [2.24, 2.45) is 0 Å². The molecule has 1 aliphatic heterocycles. The van der Waals surface area contributed by atoms with E-state index < -0.39 is 5.91 Å². The number of nitrogens with zero attached hydrogens (tertiary/aromatic N) is 1. The number of anilines is 1. The molecule has 0 bridgehead atoms. The van der Waals surface area contributed by atoms with Crippen molar-refractivity contribution in [3.05, 3.63) is 65.7 Å². The Kier molecular flexibility index (Phi) is 5.54. The molecule has 0 fully saturated rings. The topological polar surface area (TPSA) is 58.6 Å². The van der Waals surface area contributed by atoms with E-state index in [2.05, 4.69) is 5.32 Å². The van der Waals surface area contributed by atoms with E-state index in [4.69, 9.17) is 4.74 Å². The van der Waals surface area contributed by atoms with Crippen LogP contribution in [0, 0.1) is 5.82 Å². The molecule has 1 atom stereocenters. The second-order valence-electron chi connectivity index (χ2n) is 6.40. The monoisotopic (exact) mass is 368 g/mol. The molecule has 27 heavy (non-hydrogen) atoms. The number of nitrogens with one attached hydrogen (secondary N) is 1. The van der Waals surface area contributed by atoms with Gasteiger partial charge in [0.25, 0.3) is 5.91 Å². The molecule has 1 heterocycles. The van der Waals surface area contributed by atoms with Gasteiger partial charge in [0, 0.05) is 6.04 Å². The van der Waals surface area contributed by atoms with Crippen LogP contribution in [0.25, 0.3) is 6.08 Å². The number of fused-ring (bicyclic) bond motifs is 1. The van der Waals surface area contributed by atoms with Crippen LogP contribution in [-0.2, 0) is 9.59 Å². The minimum atomic E-state index is -0.419. The smallest absolute Gasteiger partial charge is 0.294 e. The maximum Gasteiger partial charge on any atom is 0.294 e. The standard InChI is InChI=1S/C21H21FN2O3/c1-3-14(2)23-20(25)13-24-17-6-4-5-7-18(17)27-19(21(24)26)12-15-8-10-16(22)11-9-15/h4-12,14H,3,13H2,1-2H3,(H,23,25)/b19-12+. The van der Waals surface area contributed by atoms with E-state index in [-0.39, 0.29) is 30.1 Å². The van der Waals surface area contributed by atoms with E-state index in [1.54, 1.807) is 36.4 Å². The first-order valence-electron chi connectivity index (χ1n) is 8.83. The molecule has 140 valence electrons. The number of carbonyl (C=O) groups is 2. The lowest BCUT2D eigenvalue weighted by molar-refractivity contribution is -0.123. The number of benzene rings is 2. The van der Waals surface area contributed by atoms with E-state index >= 15 is 0 Å². The number of amides is 2. The molecule has 0 aliphatic carbocycles. The molecule has 5 nitrogen and oxygen atoms in total. The van der Waals surface area contributed by atoms with Crippen molar-refractivity contribution in [2.75, 3.05) is 11.4 Å². The predicted molar refractivity (Wildman–Crippen MR) is 102 cm³/mol. The number of hydrogen-bond donors (Lipinski definition) is 1. The third-order valence-electron chi connectivity index (χ3n) is 4.32. The van der Waals surface area contributed by atoms with Crippen LogP contribution in [0.1, 0.15) is 25.8 Å². The molecule has 0 saturated carbocycles. The van der Waals surface area contributed by atoms with Gasteiger partial charge in [0.15, 0.2) is 11.5 Å². The average Bonchev–Trinajstić information content (AvgIpc) is 2.66. The molecule has 3 rings (SSSR count). The molecule has 0 aromatic heterocycles. The average molecular weight is 368 g/mol. The molecular weight excluding hydrogens is 347 g/mol. The lowest BCUT2D eigenvalue weighted by atomic mass is 10.1. The molecule has 1 aliphatic rings. The minimum absolute atomic E-state index is 0.0260. The van der Waals surface area contributed by atoms with Gasteiger partial charge in [0.1, 0.15) is 12.4 Å². The number of ether oxygens (including phenoxy) is 1. The fraction of sp³-hybridized carbons (Fsp3) is 0.238. The Hall–Kier alpha value is -3.15. The molecule has 1 N–H and O–H groups in total. The lowest BCUT2D eigenvalue weighted by Gasteiger charge is -2.30. The van der Waals surface area contributed by atoms with Gasteiger partial charge in [0.2, 0.25) is 5.91 Å². The Bertz CT molecular complexity index is 877. The van der Waals surface area contributed by atoms with Gasteiger partial charge in [-0.1, -0.05) is 31.2 Å². The highest BCUT2D eigenvalue weighted by molar-refractivity contribution is 6.12. The van der Waals surface area contributed by atoms with Crippen LogP contribution >= 0.6 is 0 Å². The Morgan fingerprint density at radius 2 is 1.93 bits per heavy atom. The fourth-order valence-corrected chi connectivity index (χ4v) is 2.70. The first-order valence-corrected chi connectivity index (χ1v) is 8.83. The fourth-order valence-electron chi connectivity index (χ4n) is 2.70. The molecule has 2 aromatic rings. The number of rotatable bonds is 5. The van der Waals surface area contributed by atoms with E-state index in [0.717, 1.165) is 6.42 Å². The molecule has 0 radical (unpaired) electrons. The van der Waals surface area contributed by atoms with E-state index in [9.17, 15) is 14.0 Å². The summed E-state index contributed by atoms with van der Waals surface area (Å²) in [6, 6.07) is 12.8. The van der Waals surface area contributed by atoms with Crippen molar-refractivity contribution in [3.8, 4) is 5.75 Å². The van der Waals surface area contributed by atoms with Gasteiger partial charge in [0.05, 0.1) is 5.69 Å². The maximum absolute atomic E-state index is 13.1. The van der Waals surface area contributed by atoms with Gasteiger partial charge >= 0.3 is 0 Å². The van der Waals surface area contributed by atoms with Gasteiger partial charge in [-0.2, -0.15) is 0 Å². The Labute approximate surface area is 157 Å². The van der Waals surface area contributed by atoms with Crippen LogP contribution in [0.2, 0.25) is 0 Å². The molecule has 0 spiro atoms. The summed E-state index contributed by atoms with van der Waals surface area (Å²) in [5, 5.41) is 2.86. The van der Waals surface area contributed by atoms with E-state index in [1.165, 1.54) is 23.1 Å². The van der Waals surface area contributed by atoms with Crippen LogP contribution in [0.3, 0.4) is 0 Å².